The van der Waals surface area contributed by atoms with Crippen LogP contribution in [0.3, 0.4) is 0 Å². The van der Waals surface area contributed by atoms with Gasteiger partial charge in [0.25, 0.3) is 11.6 Å². The molecule has 27 heavy (non-hydrogen) atoms. The number of aryl methyl sites for hydroxylation is 1. The predicted octanol–water partition coefficient (Wildman–Crippen LogP) is 3.16. The van der Waals surface area contributed by atoms with Crippen LogP contribution in [-0.2, 0) is 0 Å². The van der Waals surface area contributed by atoms with Gasteiger partial charge in [0, 0.05) is 23.3 Å². The SMILES string of the molecule is Cc1nn(-c2ccccc2)c(C)c1/C=N/NC(=O)c1ccc([N+](=O)[O-])cc1. The number of rotatable bonds is 5. The topological polar surface area (TPSA) is 102 Å². The van der Waals surface area contributed by atoms with Crippen LogP contribution in [0.5, 0.6) is 0 Å². The third-order valence-electron chi connectivity index (χ3n) is 4.05. The number of nitrogens with zero attached hydrogens (tertiary/aromatic N) is 4. The lowest BCUT2D eigenvalue weighted by atomic mass is 10.2. The zero-order chi connectivity index (χ0) is 19.4. The summed E-state index contributed by atoms with van der Waals surface area (Å²) in [5.41, 5.74) is 6.06. The Bertz CT molecular complexity index is 1010. The van der Waals surface area contributed by atoms with Crippen LogP contribution in [0, 0.1) is 24.0 Å². The van der Waals surface area contributed by atoms with Crippen LogP contribution in [0.1, 0.15) is 27.3 Å². The summed E-state index contributed by atoms with van der Waals surface area (Å²) >= 11 is 0. The molecule has 3 aromatic rings. The maximum absolute atomic E-state index is 12.1. The van der Waals surface area contributed by atoms with Gasteiger partial charge in [-0.25, -0.2) is 10.1 Å². The third-order valence-corrected chi connectivity index (χ3v) is 4.05. The summed E-state index contributed by atoms with van der Waals surface area (Å²) in [5.74, 6) is -0.452. The largest absolute Gasteiger partial charge is 0.271 e. The molecule has 136 valence electrons. The highest BCUT2D eigenvalue weighted by atomic mass is 16.6. The highest BCUT2D eigenvalue weighted by Gasteiger charge is 2.12. The van der Waals surface area contributed by atoms with Crippen LogP contribution < -0.4 is 5.43 Å². The monoisotopic (exact) mass is 363 g/mol. The van der Waals surface area contributed by atoms with Crippen molar-refractivity contribution in [3.8, 4) is 5.69 Å². The lowest BCUT2D eigenvalue weighted by Crippen LogP contribution is -2.17. The molecule has 0 fully saturated rings. The number of nitro groups is 1. The number of amides is 1. The van der Waals surface area contributed by atoms with Crippen molar-refractivity contribution >= 4 is 17.8 Å². The molecule has 0 atom stereocenters. The van der Waals surface area contributed by atoms with Crippen molar-refractivity contribution in [1.82, 2.24) is 15.2 Å². The highest BCUT2D eigenvalue weighted by molar-refractivity contribution is 5.95. The van der Waals surface area contributed by atoms with E-state index in [4.69, 9.17) is 0 Å². The van der Waals surface area contributed by atoms with E-state index in [0.717, 1.165) is 22.6 Å². The maximum atomic E-state index is 12.1. The number of hydrogen-bond donors (Lipinski definition) is 1. The highest BCUT2D eigenvalue weighted by Crippen LogP contribution is 2.16. The fraction of sp³-hybridized carbons (Fsp3) is 0.105. The summed E-state index contributed by atoms with van der Waals surface area (Å²) in [6.07, 6.45) is 1.54. The molecule has 0 aliphatic heterocycles. The van der Waals surface area contributed by atoms with Crippen molar-refractivity contribution in [2.75, 3.05) is 0 Å². The van der Waals surface area contributed by atoms with Crippen molar-refractivity contribution in [3.05, 3.63) is 87.2 Å². The number of non-ortho nitro benzene ring substituents is 1. The zero-order valence-corrected chi connectivity index (χ0v) is 14.8. The van der Waals surface area contributed by atoms with Gasteiger partial charge in [-0.1, -0.05) is 18.2 Å². The van der Waals surface area contributed by atoms with Gasteiger partial charge in [0.05, 0.1) is 28.2 Å². The van der Waals surface area contributed by atoms with Gasteiger partial charge in [0.1, 0.15) is 0 Å². The predicted molar refractivity (Wildman–Crippen MR) is 101 cm³/mol. The Balaban J connectivity index is 1.74. The van der Waals surface area contributed by atoms with Gasteiger partial charge in [0.2, 0.25) is 0 Å². The van der Waals surface area contributed by atoms with Crippen LogP contribution in [0.4, 0.5) is 5.69 Å². The number of aromatic nitrogens is 2. The number of nitrogens with one attached hydrogen (secondary N) is 1. The fourth-order valence-electron chi connectivity index (χ4n) is 2.62. The van der Waals surface area contributed by atoms with E-state index in [2.05, 4.69) is 15.6 Å². The second-order valence-electron chi connectivity index (χ2n) is 5.83. The van der Waals surface area contributed by atoms with Gasteiger partial charge in [-0.3, -0.25) is 14.9 Å². The number of nitro benzene ring substituents is 1. The van der Waals surface area contributed by atoms with E-state index < -0.39 is 10.8 Å². The number of benzene rings is 2. The quantitative estimate of drug-likeness (QED) is 0.427. The molecular formula is C19H17N5O3. The average molecular weight is 363 g/mol. The molecule has 1 N–H and O–H groups in total. The Hall–Kier alpha value is -3.81. The van der Waals surface area contributed by atoms with Crippen molar-refractivity contribution in [1.29, 1.82) is 0 Å². The van der Waals surface area contributed by atoms with Crippen molar-refractivity contribution in [2.45, 2.75) is 13.8 Å². The first-order valence-electron chi connectivity index (χ1n) is 8.17. The third kappa shape index (κ3) is 3.90. The Morgan fingerprint density at radius 1 is 1.15 bits per heavy atom. The summed E-state index contributed by atoms with van der Waals surface area (Å²) < 4.78 is 1.81. The normalized spacial score (nSPS) is 10.9. The maximum Gasteiger partial charge on any atom is 0.271 e. The molecule has 8 nitrogen and oxygen atoms in total. The number of carbonyl (C=O) groups is 1. The van der Waals surface area contributed by atoms with Crippen LogP contribution in [0.25, 0.3) is 5.69 Å². The second kappa shape index (κ2) is 7.61. The summed E-state index contributed by atoms with van der Waals surface area (Å²) in [6, 6.07) is 15.0. The van der Waals surface area contributed by atoms with Gasteiger partial charge in [-0.2, -0.15) is 10.2 Å². The smallest absolute Gasteiger partial charge is 0.267 e. The van der Waals surface area contributed by atoms with E-state index >= 15 is 0 Å². The average Bonchev–Trinajstić information content (AvgIpc) is 2.97. The molecule has 2 aromatic carbocycles. The lowest BCUT2D eigenvalue weighted by Gasteiger charge is -2.03. The Morgan fingerprint density at radius 2 is 1.81 bits per heavy atom. The molecule has 0 aliphatic rings. The minimum absolute atomic E-state index is 0.0744. The molecule has 8 heteroatoms. The molecule has 1 amide bonds. The van der Waals surface area contributed by atoms with Gasteiger partial charge < -0.3 is 0 Å². The van der Waals surface area contributed by atoms with E-state index in [9.17, 15) is 14.9 Å². The van der Waals surface area contributed by atoms with Crippen LogP contribution in [-0.4, -0.2) is 26.8 Å². The van der Waals surface area contributed by atoms with E-state index in [-0.39, 0.29) is 11.3 Å². The summed E-state index contributed by atoms with van der Waals surface area (Å²) in [6.45, 7) is 3.79. The first-order valence-corrected chi connectivity index (χ1v) is 8.17. The first kappa shape index (κ1) is 18.0. The molecule has 0 saturated heterocycles. The van der Waals surface area contributed by atoms with E-state index in [1.165, 1.54) is 24.3 Å². The van der Waals surface area contributed by atoms with Gasteiger partial charge in [-0.15, -0.1) is 0 Å². The molecular weight excluding hydrogens is 346 g/mol. The second-order valence-corrected chi connectivity index (χ2v) is 5.83. The number of hydrazone groups is 1. The Morgan fingerprint density at radius 3 is 2.44 bits per heavy atom. The van der Waals surface area contributed by atoms with Crippen molar-refractivity contribution in [2.24, 2.45) is 5.10 Å². The number of carbonyl (C=O) groups excluding carboxylic acids is 1. The Kier molecular flexibility index (Phi) is 5.07. The van der Waals surface area contributed by atoms with E-state index in [1.54, 1.807) is 6.21 Å². The molecule has 0 saturated carbocycles. The summed E-state index contributed by atoms with van der Waals surface area (Å²) in [7, 11) is 0. The molecule has 0 aliphatic carbocycles. The number of para-hydroxylation sites is 1. The minimum atomic E-state index is -0.518. The van der Waals surface area contributed by atoms with Crippen molar-refractivity contribution in [3.63, 3.8) is 0 Å². The van der Waals surface area contributed by atoms with Crippen LogP contribution in [0.2, 0.25) is 0 Å². The summed E-state index contributed by atoms with van der Waals surface area (Å²) in [5, 5.41) is 19.2. The number of hydrogen-bond acceptors (Lipinski definition) is 5. The first-order chi connectivity index (χ1) is 13.0. The molecule has 1 aromatic heterocycles. The Labute approximate surface area is 155 Å². The molecule has 0 spiro atoms. The van der Waals surface area contributed by atoms with E-state index in [0.29, 0.717) is 0 Å². The molecule has 1 heterocycles. The van der Waals surface area contributed by atoms with Crippen LogP contribution >= 0.6 is 0 Å². The molecule has 0 bridgehead atoms. The van der Waals surface area contributed by atoms with Crippen molar-refractivity contribution < 1.29 is 9.72 Å². The molecule has 3 rings (SSSR count). The van der Waals surface area contributed by atoms with Gasteiger partial charge in [-0.05, 0) is 38.1 Å². The zero-order valence-electron chi connectivity index (χ0n) is 14.8. The fourth-order valence-corrected chi connectivity index (χ4v) is 2.62. The van der Waals surface area contributed by atoms with Gasteiger partial charge >= 0.3 is 0 Å². The lowest BCUT2D eigenvalue weighted by molar-refractivity contribution is -0.384. The minimum Gasteiger partial charge on any atom is -0.267 e. The molecule has 0 radical (unpaired) electrons. The summed E-state index contributed by atoms with van der Waals surface area (Å²) in [4.78, 5) is 22.2. The van der Waals surface area contributed by atoms with Crippen LogP contribution in [0.15, 0.2) is 59.7 Å². The standard InChI is InChI=1S/C19H17N5O3/c1-13-18(14(2)23(22-13)16-6-4-3-5-7-16)12-20-21-19(25)15-8-10-17(11-9-15)24(26)27/h3-12H,1-2H3,(H,21,25)/b20-12+. The van der Waals surface area contributed by atoms with E-state index in [1.807, 2.05) is 48.9 Å². The molecule has 0 unspecified atom stereocenters. The van der Waals surface area contributed by atoms with Gasteiger partial charge in [0.15, 0.2) is 0 Å².